The van der Waals surface area contributed by atoms with Crippen molar-refractivity contribution < 1.29 is 81.3 Å². The summed E-state index contributed by atoms with van der Waals surface area (Å²) in [5, 5.41) is 17.0. The van der Waals surface area contributed by atoms with Gasteiger partial charge < -0.3 is 10.2 Å². The van der Waals surface area contributed by atoms with E-state index < -0.39 is 78.4 Å². The Morgan fingerprint density at radius 2 is 0.871 bits per heavy atom. The molecule has 0 aliphatic rings. The van der Waals surface area contributed by atoms with Crippen LogP contribution in [0.2, 0.25) is 0 Å². The summed E-state index contributed by atoms with van der Waals surface area (Å²) in [7, 11) is 0. The van der Waals surface area contributed by atoms with Gasteiger partial charge in [0, 0.05) is 0 Å². The molecule has 4 nitrogen and oxygen atoms in total. The molecule has 18 heteroatoms. The van der Waals surface area contributed by atoms with E-state index in [4.69, 9.17) is 10.2 Å². The van der Waals surface area contributed by atoms with E-state index in [-0.39, 0.29) is 0 Å². The molecule has 0 aliphatic heterocycles. The van der Waals surface area contributed by atoms with E-state index in [0.29, 0.717) is 0 Å². The van der Waals surface area contributed by atoms with Gasteiger partial charge in [-0.2, -0.15) is 61.5 Å². The lowest BCUT2D eigenvalue weighted by atomic mass is 9.85. The van der Waals surface area contributed by atoms with Gasteiger partial charge in [0.25, 0.3) is 0 Å². The van der Waals surface area contributed by atoms with Crippen molar-refractivity contribution in [3.8, 4) is 0 Å². The van der Waals surface area contributed by atoms with Gasteiger partial charge in [-0.15, -0.1) is 0 Å². The Labute approximate surface area is 161 Å². The first kappa shape index (κ1) is 28.7. The van der Waals surface area contributed by atoms with E-state index in [1.54, 1.807) is 0 Å². The second kappa shape index (κ2) is 8.33. The number of hydrogen-bond acceptors (Lipinski definition) is 2. The summed E-state index contributed by atoms with van der Waals surface area (Å²) in [5.74, 6) is -34.0. The number of halogens is 14. The molecule has 2 N–H and O–H groups in total. The number of allylic oxidation sites excluding steroid dienone is 1. The van der Waals surface area contributed by atoms with Crippen molar-refractivity contribution in [1.29, 1.82) is 0 Å². The number of aliphatic carboxylic acids is 2. The average Bonchev–Trinajstić information content (AvgIpc) is 2.39. The van der Waals surface area contributed by atoms with Crippen molar-refractivity contribution in [2.75, 3.05) is 0 Å². The van der Waals surface area contributed by atoms with Crippen molar-refractivity contribution in [3.63, 3.8) is 0 Å². The van der Waals surface area contributed by atoms with E-state index in [9.17, 15) is 71.1 Å². The number of carbonyl (C=O) groups is 2. The summed E-state index contributed by atoms with van der Waals surface area (Å²) in [6, 6.07) is 0. The molecule has 0 atom stereocenters. The Morgan fingerprint density at radius 1 is 0.581 bits per heavy atom. The zero-order valence-corrected chi connectivity index (χ0v) is 14.1. The molecule has 0 aliphatic carbocycles. The SMILES string of the molecule is O=C(O)CC(C(=O)O)=C(C(F)(F)C(F)(F)CC(F)(F)F)C(F)(F)C(F)(F)CC(F)(F)F. The molecule has 0 bridgehead atoms. The fraction of sp³-hybridized carbons (Fsp3) is 0.692. The molecule has 0 amide bonds. The zero-order chi connectivity index (χ0) is 25.4. The molecule has 182 valence electrons. The second-order valence-corrected chi connectivity index (χ2v) is 5.87. The Kier molecular flexibility index (Phi) is 7.71. The van der Waals surface area contributed by atoms with E-state index in [0.717, 1.165) is 0 Å². The van der Waals surface area contributed by atoms with Crippen molar-refractivity contribution in [3.05, 3.63) is 11.1 Å². The second-order valence-electron chi connectivity index (χ2n) is 5.87. The van der Waals surface area contributed by atoms with Crippen LogP contribution in [0.4, 0.5) is 61.5 Å². The quantitative estimate of drug-likeness (QED) is 0.338. The first-order valence-electron chi connectivity index (χ1n) is 7.12. The van der Waals surface area contributed by atoms with Crippen molar-refractivity contribution in [2.24, 2.45) is 0 Å². The smallest absolute Gasteiger partial charge is 0.395 e. The zero-order valence-electron chi connectivity index (χ0n) is 14.1. The number of carboxylic acid groups (broad SMARTS) is 2. The Morgan fingerprint density at radius 3 is 1.06 bits per heavy atom. The lowest BCUT2D eigenvalue weighted by Gasteiger charge is -2.37. The summed E-state index contributed by atoms with van der Waals surface area (Å²) >= 11 is 0. The van der Waals surface area contributed by atoms with Gasteiger partial charge >= 0.3 is 48.0 Å². The van der Waals surface area contributed by atoms with Crippen LogP contribution < -0.4 is 0 Å². The molecular formula is C13H8F14O4. The molecule has 31 heavy (non-hydrogen) atoms. The number of hydrogen-bond donors (Lipinski definition) is 2. The standard InChI is InChI=1S/C13H8F14O4/c14-8(15,2-10(18,19)20)12(24,25)6(4(7(30)31)1-5(28)29)13(26,27)9(16,17)3-11(21,22)23/h1-3H2,(H,28,29)(H,30,31). The topological polar surface area (TPSA) is 74.6 Å². The molecule has 0 saturated heterocycles. The van der Waals surface area contributed by atoms with Crippen LogP contribution in [0.25, 0.3) is 0 Å². The molecule has 0 fully saturated rings. The minimum absolute atomic E-state index is 2.67. The van der Waals surface area contributed by atoms with Gasteiger partial charge in [-0.25, -0.2) is 4.79 Å². The van der Waals surface area contributed by atoms with Crippen LogP contribution >= 0.6 is 0 Å². The Balaban J connectivity index is 7.26. The summed E-state index contributed by atoms with van der Waals surface area (Å²) in [4.78, 5) is 21.4. The van der Waals surface area contributed by atoms with Crippen LogP contribution in [0.1, 0.15) is 19.3 Å². The molecule has 0 radical (unpaired) electrons. The maximum Gasteiger partial charge on any atom is 0.395 e. The maximum atomic E-state index is 14.1. The van der Waals surface area contributed by atoms with Gasteiger partial charge in [0.05, 0.1) is 17.6 Å². The predicted octanol–water partition coefficient (Wildman–Crippen LogP) is 5.29. The van der Waals surface area contributed by atoms with Gasteiger partial charge in [-0.3, -0.25) is 4.79 Å². The van der Waals surface area contributed by atoms with Gasteiger partial charge in [-0.05, 0) is 0 Å². The highest BCUT2D eigenvalue weighted by molar-refractivity contribution is 5.93. The largest absolute Gasteiger partial charge is 0.481 e. The first-order valence-corrected chi connectivity index (χ1v) is 7.12. The lowest BCUT2D eigenvalue weighted by molar-refractivity contribution is -0.284. The van der Waals surface area contributed by atoms with Crippen LogP contribution in [0.3, 0.4) is 0 Å². The fourth-order valence-corrected chi connectivity index (χ4v) is 2.09. The van der Waals surface area contributed by atoms with Gasteiger partial charge in [-0.1, -0.05) is 0 Å². The van der Waals surface area contributed by atoms with E-state index in [2.05, 4.69) is 0 Å². The lowest BCUT2D eigenvalue weighted by Crippen LogP contribution is -2.56. The third kappa shape index (κ3) is 6.84. The van der Waals surface area contributed by atoms with E-state index in [1.165, 1.54) is 0 Å². The average molecular weight is 494 g/mol. The molecule has 0 heterocycles. The molecule has 0 aromatic heterocycles. The minimum Gasteiger partial charge on any atom is -0.481 e. The highest BCUT2D eigenvalue weighted by Gasteiger charge is 2.74. The molecule has 0 unspecified atom stereocenters. The number of alkyl halides is 14. The van der Waals surface area contributed by atoms with Crippen molar-refractivity contribution in [2.45, 2.75) is 55.3 Å². The number of carboxylic acids is 2. The van der Waals surface area contributed by atoms with Crippen LogP contribution in [-0.2, 0) is 9.59 Å². The molecule has 0 rings (SSSR count). The first-order chi connectivity index (χ1) is 13.3. The molecular weight excluding hydrogens is 486 g/mol. The molecule has 0 spiro atoms. The van der Waals surface area contributed by atoms with Gasteiger partial charge in [0.2, 0.25) is 0 Å². The Hall–Kier alpha value is -2.30. The van der Waals surface area contributed by atoms with Crippen LogP contribution in [-0.4, -0.2) is 58.2 Å². The third-order valence-corrected chi connectivity index (χ3v) is 3.28. The highest BCUT2D eigenvalue weighted by Crippen LogP contribution is 2.56. The monoisotopic (exact) mass is 494 g/mol. The normalized spacial score (nSPS) is 14.4. The highest BCUT2D eigenvalue weighted by atomic mass is 19.4. The fourth-order valence-electron chi connectivity index (χ4n) is 2.09. The maximum absolute atomic E-state index is 14.1. The summed E-state index contributed by atoms with van der Waals surface area (Å²) in [5.41, 5.74) is -7.57. The summed E-state index contributed by atoms with van der Waals surface area (Å²) in [6.45, 7) is 0. The van der Waals surface area contributed by atoms with Crippen LogP contribution in [0.15, 0.2) is 11.1 Å². The summed E-state index contributed by atoms with van der Waals surface area (Å²) in [6.07, 6.45) is -23.3. The van der Waals surface area contributed by atoms with E-state index >= 15 is 0 Å². The van der Waals surface area contributed by atoms with Crippen LogP contribution in [0, 0.1) is 0 Å². The predicted molar refractivity (Wildman–Crippen MR) is 68.0 cm³/mol. The molecule has 0 aromatic rings. The van der Waals surface area contributed by atoms with Crippen molar-refractivity contribution in [1.82, 2.24) is 0 Å². The van der Waals surface area contributed by atoms with Crippen LogP contribution in [0.5, 0.6) is 0 Å². The van der Waals surface area contributed by atoms with E-state index in [1.807, 2.05) is 0 Å². The molecule has 0 saturated carbocycles. The number of rotatable bonds is 9. The van der Waals surface area contributed by atoms with Gasteiger partial charge in [0.1, 0.15) is 12.8 Å². The Bertz CT molecular complexity index is 689. The van der Waals surface area contributed by atoms with Crippen molar-refractivity contribution >= 4 is 11.9 Å². The van der Waals surface area contributed by atoms with Gasteiger partial charge in [0.15, 0.2) is 0 Å². The molecule has 0 aromatic carbocycles. The third-order valence-electron chi connectivity index (χ3n) is 3.28. The minimum atomic E-state index is -7.19. The summed E-state index contributed by atoms with van der Waals surface area (Å²) < 4.78 is 183.